The lowest BCUT2D eigenvalue weighted by molar-refractivity contribution is 0.402. The molecule has 0 aromatic heterocycles. The Labute approximate surface area is 64.7 Å². The number of unbranched alkanes of at least 4 members (excludes halogenated alkanes) is 1. The highest BCUT2D eigenvalue weighted by Gasteiger charge is 1.86. The smallest absolute Gasteiger partial charge is 0.00219 e. The van der Waals surface area contributed by atoms with Gasteiger partial charge in [0.1, 0.15) is 0 Å². The van der Waals surface area contributed by atoms with E-state index in [9.17, 15) is 0 Å². The third kappa shape index (κ3) is 7.70. The van der Waals surface area contributed by atoms with Crippen molar-refractivity contribution in [3.05, 3.63) is 12.2 Å². The Balaban J connectivity index is 2.97. The highest BCUT2D eigenvalue weighted by molar-refractivity contribution is 4.79. The molecule has 0 bridgehead atoms. The van der Waals surface area contributed by atoms with Gasteiger partial charge in [0, 0.05) is 0 Å². The molecule has 0 fully saturated rings. The number of hydrogen-bond donors (Lipinski definition) is 0. The van der Waals surface area contributed by atoms with Crippen LogP contribution in [0.3, 0.4) is 0 Å². The Morgan fingerprint density at radius 1 is 1.20 bits per heavy atom. The third-order valence-electron chi connectivity index (χ3n) is 1.38. The molecule has 0 aliphatic heterocycles. The Bertz CT molecular complexity index is 84.7. The van der Waals surface area contributed by atoms with Crippen molar-refractivity contribution in [1.29, 1.82) is 0 Å². The first-order valence-electron chi connectivity index (χ1n) is 4.07. The zero-order valence-electron chi connectivity index (χ0n) is 7.43. The summed E-state index contributed by atoms with van der Waals surface area (Å²) in [7, 11) is 4.23. The summed E-state index contributed by atoms with van der Waals surface area (Å²) in [4.78, 5) is 2.22. The van der Waals surface area contributed by atoms with E-state index in [0.717, 1.165) is 0 Å². The van der Waals surface area contributed by atoms with E-state index in [-0.39, 0.29) is 0 Å². The normalized spacial score (nSPS) is 11.6. The second-order valence-electron chi connectivity index (χ2n) is 2.83. The maximum absolute atomic E-state index is 2.27. The van der Waals surface area contributed by atoms with Crippen LogP contribution in [-0.4, -0.2) is 25.5 Å². The van der Waals surface area contributed by atoms with Crippen molar-refractivity contribution in [3.63, 3.8) is 0 Å². The van der Waals surface area contributed by atoms with Crippen LogP contribution in [0.15, 0.2) is 12.2 Å². The Morgan fingerprint density at radius 2 is 1.90 bits per heavy atom. The standard InChI is InChI=1S/C9H19N/c1-4-5-6-7-8-9-10(2)3/h5-6H,4,7-9H2,1-3H3/b6-5-. The minimum Gasteiger partial charge on any atom is -0.309 e. The highest BCUT2D eigenvalue weighted by atomic mass is 15.0. The lowest BCUT2D eigenvalue weighted by atomic mass is 10.2. The van der Waals surface area contributed by atoms with E-state index in [2.05, 4.69) is 38.1 Å². The van der Waals surface area contributed by atoms with Crippen LogP contribution in [0.2, 0.25) is 0 Å². The van der Waals surface area contributed by atoms with E-state index < -0.39 is 0 Å². The second kappa shape index (κ2) is 6.81. The number of hydrogen-bond acceptors (Lipinski definition) is 1. The first-order chi connectivity index (χ1) is 4.77. The SMILES string of the molecule is CC/C=C\CCCN(C)C. The monoisotopic (exact) mass is 141 g/mol. The molecule has 0 aromatic carbocycles. The van der Waals surface area contributed by atoms with Gasteiger partial charge in [0.25, 0.3) is 0 Å². The van der Waals surface area contributed by atoms with Crippen LogP contribution in [0.5, 0.6) is 0 Å². The van der Waals surface area contributed by atoms with Gasteiger partial charge in [-0.15, -0.1) is 0 Å². The first-order valence-corrected chi connectivity index (χ1v) is 4.07. The molecule has 0 saturated carbocycles. The predicted molar refractivity (Wildman–Crippen MR) is 47.2 cm³/mol. The molecule has 0 aliphatic rings. The van der Waals surface area contributed by atoms with E-state index in [1.54, 1.807) is 0 Å². The maximum Gasteiger partial charge on any atom is -0.00219 e. The molecule has 0 aromatic rings. The lowest BCUT2D eigenvalue weighted by Gasteiger charge is -2.06. The minimum atomic E-state index is 1.17. The van der Waals surface area contributed by atoms with Crippen molar-refractivity contribution in [2.24, 2.45) is 0 Å². The molecule has 0 unspecified atom stereocenters. The van der Waals surface area contributed by atoms with E-state index in [4.69, 9.17) is 0 Å². The van der Waals surface area contributed by atoms with Gasteiger partial charge in [-0.25, -0.2) is 0 Å². The second-order valence-corrected chi connectivity index (χ2v) is 2.83. The minimum absolute atomic E-state index is 1.17. The third-order valence-corrected chi connectivity index (χ3v) is 1.38. The van der Waals surface area contributed by atoms with Crippen molar-refractivity contribution in [3.8, 4) is 0 Å². The van der Waals surface area contributed by atoms with Gasteiger partial charge in [-0.2, -0.15) is 0 Å². The lowest BCUT2D eigenvalue weighted by Crippen LogP contribution is -2.12. The number of nitrogens with zero attached hydrogens (tertiary/aromatic N) is 1. The molecular formula is C9H19N. The maximum atomic E-state index is 2.27. The summed E-state index contributed by atoms with van der Waals surface area (Å²) in [5.41, 5.74) is 0. The van der Waals surface area contributed by atoms with Crippen molar-refractivity contribution < 1.29 is 0 Å². The predicted octanol–water partition coefficient (Wildman–Crippen LogP) is 2.29. The molecule has 60 valence electrons. The molecule has 0 N–H and O–H groups in total. The van der Waals surface area contributed by atoms with Crippen LogP contribution in [0.25, 0.3) is 0 Å². The van der Waals surface area contributed by atoms with Gasteiger partial charge < -0.3 is 4.90 Å². The number of allylic oxidation sites excluding steroid dienone is 2. The molecule has 0 saturated heterocycles. The van der Waals surface area contributed by atoms with Gasteiger partial charge in [-0.1, -0.05) is 19.1 Å². The summed E-state index contributed by atoms with van der Waals surface area (Å²) in [5, 5.41) is 0. The van der Waals surface area contributed by atoms with Gasteiger partial charge in [-0.05, 0) is 39.9 Å². The average Bonchev–Trinajstić information content (AvgIpc) is 1.87. The van der Waals surface area contributed by atoms with Crippen LogP contribution in [-0.2, 0) is 0 Å². The van der Waals surface area contributed by atoms with Crippen LogP contribution < -0.4 is 0 Å². The van der Waals surface area contributed by atoms with E-state index in [0.29, 0.717) is 0 Å². The summed E-state index contributed by atoms with van der Waals surface area (Å²) in [6.07, 6.45) is 8.18. The largest absolute Gasteiger partial charge is 0.309 e. The summed E-state index contributed by atoms with van der Waals surface area (Å²) in [6, 6.07) is 0. The average molecular weight is 141 g/mol. The molecular weight excluding hydrogens is 122 g/mol. The molecule has 0 heterocycles. The van der Waals surface area contributed by atoms with Crippen LogP contribution in [0.4, 0.5) is 0 Å². The van der Waals surface area contributed by atoms with Gasteiger partial charge in [0.2, 0.25) is 0 Å². The molecule has 0 rings (SSSR count). The molecule has 0 atom stereocenters. The van der Waals surface area contributed by atoms with E-state index in [1.807, 2.05) is 0 Å². The first kappa shape index (κ1) is 9.70. The van der Waals surface area contributed by atoms with Gasteiger partial charge in [-0.3, -0.25) is 0 Å². The van der Waals surface area contributed by atoms with Gasteiger partial charge in [0.05, 0.1) is 0 Å². The van der Waals surface area contributed by atoms with Gasteiger partial charge >= 0.3 is 0 Å². The van der Waals surface area contributed by atoms with Crippen molar-refractivity contribution >= 4 is 0 Å². The summed E-state index contributed by atoms with van der Waals surface area (Å²) in [5.74, 6) is 0. The molecule has 0 spiro atoms. The molecule has 10 heavy (non-hydrogen) atoms. The van der Waals surface area contributed by atoms with Gasteiger partial charge in [0.15, 0.2) is 0 Å². The Morgan fingerprint density at radius 3 is 2.40 bits per heavy atom. The number of rotatable bonds is 5. The molecule has 0 radical (unpaired) electrons. The fourth-order valence-corrected chi connectivity index (χ4v) is 0.810. The zero-order valence-corrected chi connectivity index (χ0v) is 7.43. The summed E-state index contributed by atoms with van der Waals surface area (Å²) < 4.78 is 0. The van der Waals surface area contributed by atoms with E-state index >= 15 is 0 Å². The molecule has 1 heteroatoms. The Hall–Kier alpha value is -0.300. The van der Waals surface area contributed by atoms with Crippen molar-refractivity contribution in [2.45, 2.75) is 26.2 Å². The van der Waals surface area contributed by atoms with Crippen molar-refractivity contribution in [2.75, 3.05) is 20.6 Å². The van der Waals surface area contributed by atoms with Crippen LogP contribution in [0, 0.1) is 0 Å². The molecule has 0 amide bonds. The summed E-state index contributed by atoms with van der Waals surface area (Å²) >= 11 is 0. The van der Waals surface area contributed by atoms with E-state index in [1.165, 1.54) is 25.8 Å². The van der Waals surface area contributed by atoms with Crippen LogP contribution >= 0.6 is 0 Å². The Kier molecular flexibility index (Phi) is 6.61. The quantitative estimate of drug-likeness (QED) is 0.419. The topological polar surface area (TPSA) is 3.24 Å². The summed E-state index contributed by atoms with van der Waals surface area (Å²) in [6.45, 7) is 3.37. The fourth-order valence-electron chi connectivity index (χ4n) is 0.810. The van der Waals surface area contributed by atoms with Crippen molar-refractivity contribution in [1.82, 2.24) is 4.90 Å². The van der Waals surface area contributed by atoms with Crippen LogP contribution in [0.1, 0.15) is 26.2 Å². The molecule has 0 aliphatic carbocycles. The fraction of sp³-hybridized carbons (Fsp3) is 0.778. The highest BCUT2D eigenvalue weighted by Crippen LogP contribution is 1.93. The zero-order chi connectivity index (χ0) is 7.82. The molecule has 1 nitrogen and oxygen atoms in total.